The number of rotatable bonds is 6. The Bertz CT molecular complexity index is 278. The molecule has 0 aliphatic rings. The highest BCUT2D eigenvalue weighted by molar-refractivity contribution is 5.75. The molecule has 0 N–H and O–H groups in total. The van der Waals surface area contributed by atoms with Crippen molar-refractivity contribution in [2.75, 3.05) is 13.2 Å². The van der Waals surface area contributed by atoms with Gasteiger partial charge in [0.2, 0.25) is 0 Å². The zero-order chi connectivity index (χ0) is 14.3. The molecule has 0 spiro atoms. The zero-order valence-electron chi connectivity index (χ0n) is 12.2. The highest BCUT2D eigenvalue weighted by Gasteiger charge is 2.32. The average Bonchev–Trinajstić information content (AvgIpc) is 2.28. The maximum atomic E-state index is 11.9. The number of carbonyl (C=O) groups excluding carboxylic acids is 2. The van der Waals surface area contributed by atoms with Crippen molar-refractivity contribution in [3.05, 3.63) is 0 Å². The van der Waals surface area contributed by atoms with Gasteiger partial charge in [-0.3, -0.25) is 4.79 Å². The summed E-state index contributed by atoms with van der Waals surface area (Å²) in [6, 6.07) is -0.293. The van der Waals surface area contributed by atoms with Crippen LogP contribution in [-0.2, 0) is 14.3 Å². The van der Waals surface area contributed by atoms with Gasteiger partial charge in [0.1, 0.15) is 0 Å². The molecule has 0 radical (unpaired) electrons. The lowest BCUT2D eigenvalue weighted by molar-refractivity contribution is -0.149. The molecule has 0 aromatic carbocycles. The molecule has 2 atom stereocenters. The average molecular weight is 259 g/mol. The summed E-state index contributed by atoms with van der Waals surface area (Å²) in [5.41, 5.74) is 0. The lowest BCUT2D eigenvalue weighted by Gasteiger charge is -2.34. The molecule has 106 valence electrons. The van der Waals surface area contributed by atoms with E-state index in [0.717, 1.165) is 0 Å². The first-order chi connectivity index (χ1) is 8.36. The fourth-order valence-corrected chi connectivity index (χ4v) is 1.76. The standard InChI is InChI=1S/C13H25NO4/c1-7-17-12(15)10(5)11(6)14(9(3)4)13(16)18-8-2/h9-11H,7-8H2,1-6H3. The maximum absolute atomic E-state index is 11.9. The lowest BCUT2D eigenvalue weighted by Crippen LogP contribution is -2.48. The quantitative estimate of drug-likeness (QED) is 0.687. The second-order valence-corrected chi connectivity index (χ2v) is 4.48. The summed E-state index contributed by atoms with van der Waals surface area (Å²) in [5.74, 6) is -0.670. The Morgan fingerprint density at radius 3 is 1.89 bits per heavy atom. The van der Waals surface area contributed by atoms with Crippen LogP contribution in [0.4, 0.5) is 4.79 Å². The van der Waals surface area contributed by atoms with Crippen LogP contribution in [0.2, 0.25) is 0 Å². The number of ether oxygens (including phenoxy) is 2. The summed E-state index contributed by atoms with van der Waals surface area (Å²) in [7, 11) is 0. The van der Waals surface area contributed by atoms with E-state index in [9.17, 15) is 9.59 Å². The summed E-state index contributed by atoms with van der Waals surface area (Å²) >= 11 is 0. The molecule has 5 nitrogen and oxygen atoms in total. The monoisotopic (exact) mass is 259 g/mol. The van der Waals surface area contributed by atoms with Crippen molar-refractivity contribution >= 4 is 12.1 Å². The van der Waals surface area contributed by atoms with Gasteiger partial charge in [0.05, 0.1) is 19.1 Å². The van der Waals surface area contributed by atoms with Crippen molar-refractivity contribution in [3.63, 3.8) is 0 Å². The van der Waals surface area contributed by atoms with Gasteiger partial charge in [0.25, 0.3) is 0 Å². The van der Waals surface area contributed by atoms with E-state index in [2.05, 4.69) is 0 Å². The number of esters is 1. The van der Waals surface area contributed by atoms with Crippen LogP contribution in [0.15, 0.2) is 0 Å². The lowest BCUT2D eigenvalue weighted by atomic mass is 10.0. The molecule has 2 unspecified atom stereocenters. The molecule has 1 amide bonds. The molecular weight excluding hydrogens is 234 g/mol. The minimum absolute atomic E-state index is 0.0315. The van der Waals surface area contributed by atoms with Gasteiger partial charge >= 0.3 is 12.1 Å². The van der Waals surface area contributed by atoms with E-state index in [1.54, 1.807) is 25.7 Å². The molecule has 0 bridgehead atoms. The Labute approximate surface area is 109 Å². The molecule has 0 saturated heterocycles. The second kappa shape index (κ2) is 7.95. The number of hydrogen-bond acceptors (Lipinski definition) is 4. The van der Waals surface area contributed by atoms with Crippen LogP contribution < -0.4 is 0 Å². The number of nitrogens with zero attached hydrogens (tertiary/aromatic N) is 1. The topological polar surface area (TPSA) is 55.8 Å². The molecule has 0 aromatic heterocycles. The van der Waals surface area contributed by atoms with Crippen LogP contribution in [0.5, 0.6) is 0 Å². The molecule has 18 heavy (non-hydrogen) atoms. The third-order valence-corrected chi connectivity index (χ3v) is 2.86. The van der Waals surface area contributed by atoms with Crippen molar-refractivity contribution in [1.82, 2.24) is 4.90 Å². The maximum Gasteiger partial charge on any atom is 0.410 e. The highest BCUT2D eigenvalue weighted by atomic mass is 16.6. The number of hydrogen-bond donors (Lipinski definition) is 0. The Kier molecular flexibility index (Phi) is 7.39. The third-order valence-electron chi connectivity index (χ3n) is 2.86. The summed E-state index contributed by atoms with van der Waals surface area (Å²) in [4.78, 5) is 25.1. The van der Waals surface area contributed by atoms with Gasteiger partial charge in [0.15, 0.2) is 0 Å². The Morgan fingerprint density at radius 1 is 1.00 bits per heavy atom. The van der Waals surface area contributed by atoms with Gasteiger partial charge in [-0.1, -0.05) is 0 Å². The molecule has 5 heteroatoms. The van der Waals surface area contributed by atoms with Gasteiger partial charge in [-0.05, 0) is 41.5 Å². The van der Waals surface area contributed by atoms with Crippen molar-refractivity contribution in [2.45, 2.75) is 53.6 Å². The van der Waals surface area contributed by atoms with E-state index in [1.807, 2.05) is 20.8 Å². The minimum atomic E-state index is -0.392. The van der Waals surface area contributed by atoms with E-state index in [1.165, 1.54) is 0 Å². The minimum Gasteiger partial charge on any atom is -0.466 e. The fourth-order valence-electron chi connectivity index (χ4n) is 1.76. The molecule has 0 saturated carbocycles. The summed E-state index contributed by atoms with van der Waals surface area (Å²) < 4.78 is 9.99. The van der Waals surface area contributed by atoms with Crippen LogP contribution >= 0.6 is 0 Å². The van der Waals surface area contributed by atoms with E-state index in [-0.39, 0.29) is 24.0 Å². The molecular formula is C13H25NO4. The predicted octanol–water partition coefficient (Wildman–Crippen LogP) is 2.44. The van der Waals surface area contributed by atoms with Crippen molar-refractivity contribution in [1.29, 1.82) is 0 Å². The Morgan fingerprint density at radius 2 is 1.50 bits per heavy atom. The van der Waals surface area contributed by atoms with Gasteiger partial charge in [-0.2, -0.15) is 0 Å². The fraction of sp³-hybridized carbons (Fsp3) is 0.846. The third kappa shape index (κ3) is 4.55. The zero-order valence-corrected chi connectivity index (χ0v) is 12.2. The van der Waals surface area contributed by atoms with E-state index in [0.29, 0.717) is 13.2 Å². The van der Waals surface area contributed by atoms with Crippen LogP contribution in [-0.4, -0.2) is 42.3 Å². The Hall–Kier alpha value is -1.26. The van der Waals surface area contributed by atoms with Crippen LogP contribution in [0, 0.1) is 5.92 Å². The summed E-state index contributed by atoms with van der Waals surface area (Å²) in [6.07, 6.45) is -0.392. The van der Waals surface area contributed by atoms with Gasteiger partial charge in [-0.25, -0.2) is 4.79 Å². The van der Waals surface area contributed by atoms with Gasteiger partial charge < -0.3 is 14.4 Å². The molecule has 0 aromatic rings. The largest absolute Gasteiger partial charge is 0.466 e. The van der Waals surface area contributed by atoms with Crippen LogP contribution in [0.1, 0.15) is 41.5 Å². The molecule has 0 aliphatic heterocycles. The van der Waals surface area contributed by atoms with Crippen molar-refractivity contribution in [3.8, 4) is 0 Å². The van der Waals surface area contributed by atoms with Crippen molar-refractivity contribution in [2.24, 2.45) is 5.92 Å². The van der Waals surface area contributed by atoms with Crippen LogP contribution in [0.25, 0.3) is 0 Å². The van der Waals surface area contributed by atoms with Gasteiger partial charge in [-0.15, -0.1) is 0 Å². The first-order valence-corrected chi connectivity index (χ1v) is 6.48. The van der Waals surface area contributed by atoms with Crippen molar-refractivity contribution < 1.29 is 19.1 Å². The van der Waals surface area contributed by atoms with E-state index >= 15 is 0 Å². The molecule has 0 aliphatic carbocycles. The highest BCUT2D eigenvalue weighted by Crippen LogP contribution is 2.17. The normalized spacial score (nSPS) is 13.9. The molecule has 0 rings (SSSR count). The number of carbonyl (C=O) groups is 2. The van der Waals surface area contributed by atoms with E-state index in [4.69, 9.17) is 9.47 Å². The number of amides is 1. The summed E-state index contributed by atoms with van der Waals surface area (Å²) in [5, 5.41) is 0. The predicted molar refractivity (Wildman–Crippen MR) is 69.3 cm³/mol. The molecule has 0 heterocycles. The van der Waals surface area contributed by atoms with Crippen LogP contribution in [0.3, 0.4) is 0 Å². The first-order valence-electron chi connectivity index (χ1n) is 6.48. The second-order valence-electron chi connectivity index (χ2n) is 4.48. The summed E-state index contributed by atoms with van der Waals surface area (Å²) in [6.45, 7) is 11.6. The SMILES string of the molecule is CCOC(=O)C(C)C(C)N(C(=O)OCC)C(C)C. The smallest absolute Gasteiger partial charge is 0.410 e. The Balaban J connectivity index is 4.80. The van der Waals surface area contributed by atoms with Gasteiger partial charge in [0, 0.05) is 12.1 Å². The van der Waals surface area contributed by atoms with E-state index < -0.39 is 6.09 Å². The molecule has 0 fully saturated rings. The first kappa shape index (κ1) is 16.7.